The number of hydrogen-bond acceptors (Lipinski definition) is 2. The fraction of sp³-hybridized carbons (Fsp3) is 0.0588. The molecule has 26 heavy (non-hydrogen) atoms. The van der Waals surface area contributed by atoms with Crippen molar-refractivity contribution in [2.75, 3.05) is 5.32 Å². The summed E-state index contributed by atoms with van der Waals surface area (Å²) in [6.45, 7) is 0. The number of benzene rings is 2. The zero-order chi connectivity index (χ0) is 19.0. The number of H-pyrrole nitrogens is 1. The maximum atomic E-state index is 14.1. The van der Waals surface area contributed by atoms with Crippen LogP contribution in [0, 0.1) is 17.5 Å². The van der Waals surface area contributed by atoms with E-state index in [1.54, 1.807) is 0 Å². The summed E-state index contributed by atoms with van der Waals surface area (Å²) in [5.41, 5.74) is -0.855. The molecular formula is C17H10ClF3N2O3. The lowest BCUT2D eigenvalue weighted by Gasteiger charge is -2.07. The van der Waals surface area contributed by atoms with E-state index in [1.165, 1.54) is 12.1 Å². The van der Waals surface area contributed by atoms with Crippen LogP contribution in [-0.2, 0) is 11.2 Å². The lowest BCUT2D eigenvalue weighted by molar-refractivity contribution is -0.115. The molecule has 1 aromatic heterocycles. The Morgan fingerprint density at radius 2 is 1.73 bits per heavy atom. The maximum absolute atomic E-state index is 14.1. The first-order valence-electron chi connectivity index (χ1n) is 7.24. The topological polar surface area (TPSA) is 82.2 Å². The standard InChI is InChI=1S/C17H10ClF3N2O3/c18-9-5-7(1-2-10(9)19)22-13(24)6-8-14-11(20)3-4-12(21)16(14)23-15(8)17(25)26/h1-5,23H,6H2,(H,22,24)(H,25,26). The molecule has 3 aromatic rings. The Morgan fingerprint density at radius 3 is 2.38 bits per heavy atom. The molecule has 0 aliphatic carbocycles. The number of nitrogens with one attached hydrogen (secondary N) is 2. The Balaban J connectivity index is 1.98. The molecule has 1 heterocycles. The summed E-state index contributed by atoms with van der Waals surface area (Å²) in [6.07, 6.45) is -0.545. The van der Waals surface area contributed by atoms with Crippen molar-refractivity contribution in [1.29, 1.82) is 0 Å². The number of aromatic nitrogens is 1. The molecule has 0 spiro atoms. The van der Waals surface area contributed by atoms with Crippen molar-refractivity contribution < 1.29 is 27.9 Å². The van der Waals surface area contributed by atoms with E-state index in [0.29, 0.717) is 0 Å². The summed E-state index contributed by atoms with van der Waals surface area (Å²) in [7, 11) is 0. The molecular weight excluding hydrogens is 373 g/mol. The van der Waals surface area contributed by atoms with Crippen LogP contribution in [0.4, 0.5) is 18.9 Å². The Morgan fingerprint density at radius 1 is 1.08 bits per heavy atom. The molecule has 0 radical (unpaired) electrons. The molecule has 0 bridgehead atoms. The number of halogens is 4. The normalized spacial score (nSPS) is 10.9. The van der Waals surface area contributed by atoms with Crippen LogP contribution in [-0.4, -0.2) is 22.0 Å². The second kappa shape index (κ2) is 6.72. The third kappa shape index (κ3) is 3.23. The first-order chi connectivity index (χ1) is 12.3. The van der Waals surface area contributed by atoms with Crippen LogP contribution in [0.2, 0.25) is 5.02 Å². The number of rotatable bonds is 4. The molecule has 2 aromatic carbocycles. The van der Waals surface area contributed by atoms with Crippen LogP contribution < -0.4 is 5.32 Å². The summed E-state index contributed by atoms with van der Waals surface area (Å²) >= 11 is 5.62. The molecule has 3 rings (SSSR count). The predicted molar refractivity (Wildman–Crippen MR) is 88.9 cm³/mol. The van der Waals surface area contributed by atoms with Crippen LogP contribution >= 0.6 is 11.6 Å². The highest BCUT2D eigenvalue weighted by Crippen LogP contribution is 2.28. The SMILES string of the molecule is O=C(Cc1c(C(=O)O)[nH]c2c(F)ccc(F)c12)Nc1ccc(F)c(Cl)c1. The van der Waals surface area contributed by atoms with E-state index in [0.717, 1.165) is 18.2 Å². The van der Waals surface area contributed by atoms with Gasteiger partial charge in [-0.15, -0.1) is 0 Å². The fourth-order valence-electron chi connectivity index (χ4n) is 2.59. The number of aromatic amines is 1. The zero-order valence-corrected chi connectivity index (χ0v) is 13.6. The molecule has 0 atom stereocenters. The number of hydrogen-bond donors (Lipinski definition) is 3. The van der Waals surface area contributed by atoms with Crippen molar-refractivity contribution >= 4 is 40.1 Å². The molecule has 0 fully saturated rings. The average molecular weight is 383 g/mol. The van der Waals surface area contributed by atoms with Gasteiger partial charge in [-0.25, -0.2) is 18.0 Å². The molecule has 0 unspecified atom stereocenters. The van der Waals surface area contributed by atoms with E-state index in [4.69, 9.17) is 11.6 Å². The number of amides is 1. The molecule has 9 heteroatoms. The van der Waals surface area contributed by atoms with Crippen molar-refractivity contribution in [2.45, 2.75) is 6.42 Å². The summed E-state index contributed by atoms with van der Waals surface area (Å²) < 4.78 is 41.1. The first kappa shape index (κ1) is 17.8. The van der Waals surface area contributed by atoms with Crippen LogP contribution in [0.5, 0.6) is 0 Å². The monoisotopic (exact) mass is 382 g/mol. The number of carboxylic acid groups (broad SMARTS) is 1. The number of carbonyl (C=O) groups is 2. The van der Waals surface area contributed by atoms with Crippen molar-refractivity contribution in [3.05, 3.63) is 64.1 Å². The highest BCUT2D eigenvalue weighted by Gasteiger charge is 2.23. The summed E-state index contributed by atoms with van der Waals surface area (Å²) in [6, 6.07) is 5.17. The minimum absolute atomic E-state index is 0.171. The number of anilines is 1. The van der Waals surface area contributed by atoms with Crippen molar-refractivity contribution in [3.63, 3.8) is 0 Å². The second-order valence-electron chi connectivity index (χ2n) is 5.42. The largest absolute Gasteiger partial charge is 0.477 e. The lowest BCUT2D eigenvalue weighted by atomic mass is 10.1. The van der Waals surface area contributed by atoms with Crippen molar-refractivity contribution in [1.82, 2.24) is 4.98 Å². The number of carboxylic acids is 1. The van der Waals surface area contributed by atoms with Gasteiger partial charge in [-0.05, 0) is 30.3 Å². The molecule has 0 aliphatic rings. The molecule has 0 saturated carbocycles. The van der Waals surface area contributed by atoms with Crippen LogP contribution in [0.15, 0.2) is 30.3 Å². The van der Waals surface area contributed by atoms with Gasteiger partial charge in [0.05, 0.1) is 17.0 Å². The van der Waals surface area contributed by atoms with E-state index < -0.39 is 41.4 Å². The quantitative estimate of drug-likeness (QED) is 0.635. The molecule has 134 valence electrons. The second-order valence-corrected chi connectivity index (χ2v) is 5.82. The predicted octanol–water partition coefficient (Wildman–Crippen LogP) is 4.12. The van der Waals surface area contributed by atoms with Crippen LogP contribution in [0.25, 0.3) is 10.9 Å². The van der Waals surface area contributed by atoms with Gasteiger partial charge < -0.3 is 15.4 Å². The van der Waals surface area contributed by atoms with Gasteiger partial charge >= 0.3 is 5.97 Å². The van der Waals surface area contributed by atoms with Gasteiger partial charge in [0.15, 0.2) is 0 Å². The van der Waals surface area contributed by atoms with Gasteiger partial charge in [0.25, 0.3) is 0 Å². The van der Waals surface area contributed by atoms with E-state index >= 15 is 0 Å². The first-order valence-corrected chi connectivity index (χ1v) is 7.62. The van der Waals surface area contributed by atoms with Crippen molar-refractivity contribution in [3.8, 4) is 0 Å². The smallest absolute Gasteiger partial charge is 0.352 e. The Bertz CT molecular complexity index is 1050. The minimum atomic E-state index is -1.47. The molecule has 5 nitrogen and oxygen atoms in total. The summed E-state index contributed by atoms with van der Waals surface area (Å²) in [5.74, 6) is -4.56. The third-order valence-corrected chi connectivity index (χ3v) is 4.00. The third-order valence-electron chi connectivity index (χ3n) is 3.71. The fourth-order valence-corrected chi connectivity index (χ4v) is 2.77. The van der Waals surface area contributed by atoms with E-state index in [-0.39, 0.29) is 27.2 Å². The van der Waals surface area contributed by atoms with Gasteiger partial charge in [-0.3, -0.25) is 4.79 Å². The van der Waals surface area contributed by atoms with Crippen LogP contribution in [0.1, 0.15) is 16.1 Å². The summed E-state index contributed by atoms with van der Waals surface area (Å²) in [5, 5.41) is 11.1. The van der Waals surface area contributed by atoms with E-state index in [2.05, 4.69) is 10.3 Å². The van der Waals surface area contributed by atoms with Gasteiger partial charge in [-0.1, -0.05) is 11.6 Å². The van der Waals surface area contributed by atoms with Gasteiger partial charge in [0.1, 0.15) is 23.1 Å². The highest BCUT2D eigenvalue weighted by molar-refractivity contribution is 6.31. The number of carbonyl (C=O) groups excluding carboxylic acids is 1. The maximum Gasteiger partial charge on any atom is 0.352 e. The molecule has 1 amide bonds. The van der Waals surface area contributed by atoms with Crippen LogP contribution in [0.3, 0.4) is 0 Å². The van der Waals surface area contributed by atoms with E-state index in [9.17, 15) is 27.9 Å². The number of aromatic carboxylic acids is 1. The zero-order valence-electron chi connectivity index (χ0n) is 12.9. The van der Waals surface area contributed by atoms with Crippen molar-refractivity contribution in [2.24, 2.45) is 0 Å². The average Bonchev–Trinajstić information content (AvgIpc) is 2.95. The highest BCUT2D eigenvalue weighted by atomic mass is 35.5. The molecule has 3 N–H and O–H groups in total. The van der Waals surface area contributed by atoms with Gasteiger partial charge in [-0.2, -0.15) is 0 Å². The minimum Gasteiger partial charge on any atom is -0.477 e. The molecule has 0 saturated heterocycles. The van der Waals surface area contributed by atoms with E-state index in [1.807, 2.05) is 0 Å². The Hall–Kier alpha value is -3.00. The Kier molecular flexibility index (Phi) is 4.60. The number of fused-ring (bicyclic) bond motifs is 1. The Labute approximate surface area is 149 Å². The molecule has 0 aliphatic heterocycles. The van der Waals surface area contributed by atoms with Gasteiger partial charge in [0.2, 0.25) is 5.91 Å². The summed E-state index contributed by atoms with van der Waals surface area (Å²) in [4.78, 5) is 25.9. The lowest BCUT2D eigenvalue weighted by Crippen LogP contribution is -2.16. The van der Waals surface area contributed by atoms with Gasteiger partial charge in [0, 0.05) is 16.6 Å².